The summed E-state index contributed by atoms with van der Waals surface area (Å²) in [4.78, 5) is 0. The van der Waals surface area contributed by atoms with Crippen LogP contribution in [0.4, 0.5) is 0 Å². The van der Waals surface area contributed by atoms with Gasteiger partial charge in [-0.2, -0.15) is 0 Å². The summed E-state index contributed by atoms with van der Waals surface area (Å²) in [5.41, 5.74) is 2.46. The summed E-state index contributed by atoms with van der Waals surface area (Å²) in [5, 5.41) is 39.2. The number of phenolic OH excluding ortho intramolecular Hbond substituents is 4. The van der Waals surface area contributed by atoms with Gasteiger partial charge in [0, 0.05) is 22.3 Å². The highest BCUT2D eigenvalue weighted by Gasteiger charge is 2.34. The molecule has 0 saturated heterocycles. The van der Waals surface area contributed by atoms with Crippen LogP contribution in [0.3, 0.4) is 0 Å². The largest absolute Gasteiger partial charge is 0.504 e. The molecule has 6 nitrogen and oxygen atoms in total. The van der Waals surface area contributed by atoms with Gasteiger partial charge >= 0.3 is 0 Å². The van der Waals surface area contributed by atoms with E-state index in [9.17, 15) is 20.4 Å². The van der Waals surface area contributed by atoms with Gasteiger partial charge in [0.2, 0.25) is 11.5 Å². The van der Waals surface area contributed by atoms with E-state index < -0.39 is 0 Å². The summed E-state index contributed by atoms with van der Waals surface area (Å²) in [6.07, 6.45) is 0. The van der Waals surface area contributed by atoms with Gasteiger partial charge in [0.1, 0.15) is 13.2 Å². The summed E-state index contributed by atoms with van der Waals surface area (Å²) in [7, 11) is 0. The minimum absolute atomic E-state index is 0.100. The highest BCUT2D eigenvalue weighted by molar-refractivity contribution is 5.89. The maximum atomic E-state index is 9.90. The molecule has 0 radical (unpaired) electrons. The number of ether oxygens (including phenoxy) is 2. The highest BCUT2D eigenvalue weighted by atomic mass is 16.5. The first-order valence-electron chi connectivity index (χ1n) is 5.99. The van der Waals surface area contributed by atoms with E-state index in [0.717, 1.165) is 0 Å². The quantitative estimate of drug-likeness (QED) is 0.548. The summed E-state index contributed by atoms with van der Waals surface area (Å²) < 4.78 is 10.9. The molecule has 20 heavy (non-hydrogen) atoms. The number of hydrogen-bond donors (Lipinski definition) is 4. The zero-order chi connectivity index (χ0) is 14.0. The van der Waals surface area contributed by atoms with Gasteiger partial charge in [-0.25, -0.2) is 0 Å². The van der Waals surface area contributed by atoms with Crippen molar-refractivity contribution in [2.45, 2.75) is 13.2 Å². The first kappa shape index (κ1) is 11.1. The third-order valence-electron chi connectivity index (χ3n) is 3.63. The van der Waals surface area contributed by atoms with E-state index in [0.29, 0.717) is 22.3 Å². The van der Waals surface area contributed by atoms with Crippen LogP contribution in [0.25, 0.3) is 11.1 Å². The molecule has 102 valence electrons. The fourth-order valence-electron chi connectivity index (χ4n) is 2.73. The number of rotatable bonds is 0. The molecule has 0 aromatic heterocycles. The van der Waals surface area contributed by atoms with Crippen LogP contribution in [0, 0.1) is 0 Å². The average Bonchev–Trinajstić information content (AvgIpc) is 2.44. The van der Waals surface area contributed by atoms with E-state index in [-0.39, 0.29) is 47.7 Å². The Hall–Kier alpha value is -2.76. The maximum Gasteiger partial charge on any atom is 0.201 e. The molecule has 0 saturated carbocycles. The van der Waals surface area contributed by atoms with E-state index in [4.69, 9.17) is 9.47 Å². The molecule has 2 heterocycles. The van der Waals surface area contributed by atoms with Crippen LogP contribution in [0.5, 0.6) is 34.5 Å². The van der Waals surface area contributed by atoms with Gasteiger partial charge in [-0.3, -0.25) is 0 Å². The van der Waals surface area contributed by atoms with Crippen molar-refractivity contribution in [3.63, 3.8) is 0 Å². The molecule has 2 aromatic carbocycles. The Labute approximate surface area is 113 Å². The van der Waals surface area contributed by atoms with Crippen molar-refractivity contribution in [1.82, 2.24) is 0 Å². The molecule has 2 aliphatic rings. The van der Waals surface area contributed by atoms with E-state index >= 15 is 0 Å². The van der Waals surface area contributed by atoms with Crippen LogP contribution in [0.1, 0.15) is 11.1 Å². The van der Waals surface area contributed by atoms with Gasteiger partial charge in [-0.15, -0.1) is 0 Å². The van der Waals surface area contributed by atoms with Gasteiger partial charge in [-0.1, -0.05) is 0 Å². The zero-order valence-corrected chi connectivity index (χ0v) is 10.2. The average molecular weight is 274 g/mol. The molecule has 2 aliphatic heterocycles. The molecule has 2 aromatic rings. The summed E-state index contributed by atoms with van der Waals surface area (Å²) in [6.45, 7) is 0.200. The fourth-order valence-corrected chi connectivity index (χ4v) is 2.73. The van der Waals surface area contributed by atoms with Crippen molar-refractivity contribution in [1.29, 1.82) is 0 Å². The van der Waals surface area contributed by atoms with Crippen LogP contribution in [0.15, 0.2) is 12.1 Å². The molecule has 6 heteroatoms. The monoisotopic (exact) mass is 274 g/mol. The minimum atomic E-state index is -0.338. The molecular formula is C14H10O6. The molecular weight excluding hydrogens is 264 g/mol. The second kappa shape index (κ2) is 3.41. The SMILES string of the molecule is Oc1cc2c3c(c1O)OCc1cc(O)c(O)c(c1-3)OC2. The normalized spacial score (nSPS) is 14.2. The molecule has 0 unspecified atom stereocenters. The zero-order valence-electron chi connectivity index (χ0n) is 10.2. The van der Waals surface area contributed by atoms with Gasteiger partial charge in [-0.05, 0) is 12.1 Å². The number of aromatic hydroxyl groups is 4. The van der Waals surface area contributed by atoms with Crippen molar-refractivity contribution < 1.29 is 29.9 Å². The molecule has 0 atom stereocenters. The maximum absolute atomic E-state index is 9.90. The topological polar surface area (TPSA) is 99.4 Å². The predicted molar refractivity (Wildman–Crippen MR) is 67.2 cm³/mol. The van der Waals surface area contributed by atoms with E-state index in [1.807, 2.05) is 0 Å². The van der Waals surface area contributed by atoms with Crippen molar-refractivity contribution >= 4 is 0 Å². The number of benzene rings is 2. The Morgan fingerprint density at radius 2 is 1.10 bits per heavy atom. The highest BCUT2D eigenvalue weighted by Crippen LogP contribution is 2.57. The fraction of sp³-hybridized carbons (Fsp3) is 0.143. The third-order valence-corrected chi connectivity index (χ3v) is 3.63. The molecule has 0 amide bonds. The number of phenols is 4. The van der Waals surface area contributed by atoms with Gasteiger partial charge in [0.05, 0.1) is 0 Å². The predicted octanol–water partition coefficient (Wildman–Crippen LogP) is 1.96. The Morgan fingerprint density at radius 1 is 0.700 bits per heavy atom. The minimum Gasteiger partial charge on any atom is -0.504 e. The Balaban J connectivity index is 2.15. The van der Waals surface area contributed by atoms with Gasteiger partial charge in [0.25, 0.3) is 0 Å². The molecule has 0 aliphatic carbocycles. The second-order valence-corrected chi connectivity index (χ2v) is 4.79. The summed E-state index contributed by atoms with van der Waals surface area (Å²) in [5.74, 6) is -0.900. The lowest BCUT2D eigenvalue weighted by molar-refractivity contribution is 0.253. The van der Waals surface area contributed by atoms with Crippen LogP contribution in [0.2, 0.25) is 0 Å². The standard InChI is InChI=1S/C14H10O6/c15-7-1-5-3-19-14-10-6(2-8(16)12(14)18)4-20-13(9(5)10)11(7)17/h1-2,15-18H,3-4H2. The second-order valence-electron chi connectivity index (χ2n) is 4.79. The smallest absolute Gasteiger partial charge is 0.201 e. The summed E-state index contributed by atoms with van der Waals surface area (Å²) >= 11 is 0. The Kier molecular flexibility index (Phi) is 1.89. The van der Waals surface area contributed by atoms with Crippen LogP contribution in [-0.4, -0.2) is 20.4 Å². The lowest BCUT2D eigenvalue weighted by atomic mass is 9.89. The number of hydrogen-bond acceptors (Lipinski definition) is 6. The van der Waals surface area contributed by atoms with Crippen molar-refractivity contribution in [2.24, 2.45) is 0 Å². The lowest BCUT2D eigenvalue weighted by Crippen LogP contribution is -2.14. The van der Waals surface area contributed by atoms with Gasteiger partial charge in [0.15, 0.2) is 23.0 Å². The Morgan fingerprint density at radius 3 is 1.50 bits per heavy atom. The molecule has 0 fully saturated rings. The van der Waals surface area contributed by atoms with Crippen LogP contribution >= 0.6 is 0 Å². The van der Waals surface area contributed by atoms with Crippen molar-refractivity contribution in [2.75, 3.05) is 0 Å². The Bertz CT molecular complexity index is 700. The molecule has 4 N–H and O–H groups in total. The van der Waals surface area contributed by atoms with E-state index in [2.05, 4.69) is 0 Å². The van der Waals surface area contributed by atoms with Gasteiger partial charge < -0.3 is 29.9 Å². The lowest BCUT2D eigenvalue weighted by Gasteiger charge is -2.30. The van der Waals surface area contributed by atoms with Crippen LogP contribution in [-0.2, 0) is 13.2 Å². The molecule has 0 bridgehead atoms. The molecule has 0 spiro atoms. The van der Waals surface area contributed by atoms with Crippen molar-refractivity contribution in [3.8, 4) is 45.6 Å². The van der Waals surface area contributed by atoms with Crippen molar-refractivity contribution in [3.05, 3.63) is 23.3 Å². The summed E-state index contributed by atoms with van der Waals surface area (Å²) in [6, 6.07) is 2.80. The first-order chi connectivity index (χ1) is 9.58. The van der Waals surface area contributed by atoms with E-state index in [1.54, 1.807) is 0 Å². The first-order valence-corrected chi connectivity index (χ1v) is 5.99. The van der Waals surface area contributed by atoms with Crippen LogP contribution < -0.4 is 9.47 Å². The van der Waals surface area contributed by atoms with E-state index in [1.165, 1.54) is 12.1 Å². The molecule has 4 rings (SSSR count). The third kappa shape index (κ3) is 1.18.